The number of aliphatic carboxylic acids is 1. The highest BCUT2D eigenvalue weighted by Crippen LogP contribution is 2.04. The molecule has 0 bridgehead atoms. The molecule has 0 aromatic carbocycles. The smallest absolute Gasteiger partial charge is 0.321 e. The molecule has 0 heterocycles. The molecule has 0 unspecified atom stereocenters. The average Bonchev–Trinajstić information content (AvgIpc) is 2.21. The summed E-state index contributed by atoms with van der Waals surface area (Å²) in [5.41, 5.74) is 5.33. The highest BCUT2D eigenvalue weighted by molar-refractivity contribution is 7.99. The minimum Gasteiger partial charge on any atom is -0.480 e. The Bertz CT molecular complexity index is 175. The Balaban J connectivity index is 0. The molecule has 16 heavy (non-hydrogen) atoms. The summed E-state index contributed by atoms with van der Waals surface area (Å²) in [4.78, 5) is 10.4. The van der Waals surface area contributed by atoms with Crippen molar-refractivity contribution in [2.75, 3.05) is 30.6 Å². The second kappa shape index (κ2) is 13.4. The van der Waals surface area contributed by atoms with E-state index < -0.39 is 12.0 Å². The minimum atomic E-state index is -0.944. The van der Waals surface area contributed by atoms with Gasteiger partial charge in [-0.25, -0.2) is 0 Å². The third kappa shape index (κ3) is 12.4. The van der Waals surface area contributed by atoms with Gasteiger partial charge in [0.25, 0.3) is 0 Å². The molecule has 0 aromatic rings. The fraction of sp³-hybridized carbons (Fsp3) is 0.889. The number of thioether (sulfide) groups is 1. The van der Waals surface area contributed by atoms with E-state index >= 15 is 0 Å². The number of hydrogen-bond acceptors (Lipinski definition) is 4. The van der Waals surface area contributed by atoms with Crippen LogP contribution in [0.25, 0.3) is 0 Å². The van der Waals surface area contributed by atoms with Crippen LogP contribution < -0.4 is 5.73 Å². The van der Waals surface area contributed by atoms with Gasteiger partial charge in [0.15, 0.2) is 0 Å². The predicted octanol–water partition coefficient (Wildman–Crippen LogP) is 1.59. The summed E-state index contributed by atoms with van der Waals surface area (Å²) in [6, 6.07) is -0.757. The molecule has 0 aromatic heterocycles. The molecule has 1 atom stereocenters. The number of halogens is 2. The van der Waals surface area contributed by atoms with Crippen molar-refractivity contribution in [3.63, 3.8) is 0 Å². The molecule has 0 aliphatic rings. The molecule has 0 radical (unpaired) electrons. The molecule has 0 fully saturated rings. The van der Waals surface area contributed by atoms with E-state index in [0.29, 0.717) is 24.8 Å². The van der Waals surface area contributed by atoms with Crippen molar-refractivity contribution < 1.29 is 14.6 Å². The number of nitrogens with two attached hydrogens (primary N) is 1. The summed E-state index contributed by atoms with van der Waals surface area (Å²) in [7, 11) is 0. The first kappa shape index (κ1) is 18.7. The van der Waals surface area contributed by atoms with Crippen molar-refractivity contribution in [2.45, 2.75) is 18.9 Å². The van der Waals surface area contributed by atoms with Crippen LogP contribution in [0.15, 0.2) is 0 Å². The first-order valence-corrected chi connectivity index (χ1v) is 6.57. The fourth-order valence-electron chi connectivity index (χ4n) is 0.803. The third-order valence-electron chi connectivity index (χ3n) is 1.61. The van der Waals surface area contributed by atoms with Gasteiger partial charge < -0.3 is 15.6 Å². The first-order valence-electron chi connectivity index (χ1n) is 4.88. The van der Waals surface area contributed by atoms with E-state index in [2.05, 4.69) is 0 Å². The molecule has 0 saturated heterocycles. The van der Waals surface area contributed by atoms with Crippen LogP contribution in [-0.4, -0.2) is 47.7 Å². The molecule has 0 aliphatic carbocycles. The number of carboxylic acid groups (broad SMARTS) is 1. The number of carboxylic acids is 1. The lowest BCUT2D eigenvalue weighted by Crippen LogP contribution is -2.32. The molecule has 0 amide bonds. The Morgan fingerprint density at radius 1 is 1.44 bits per heavy atom. The standard InChI is InChI=1S/C9H18ClNO3S.ClH/c10-3-1-4-14-5-2-6-15-7-8(11)9(12)13;/h8H,1-7,11H2,(H,12,13);1H/t8-;/m0./s1. The van der Waals surface area contributed by atoms with E-state index in [0.717, 1.165) is 18.6 Å². The van der Waals surface area contributed by atoms with Crippen LogP contribution in [0.5, 0.6) is 0 Å². The van der Waals surface area contributed by atoms with Crippen LogP contribution in [0.1, 0.15) is 12.8 Å². The van der Waals surface area contributed by atoms with Gasteiger partial charge in [0.1, 0.15) is 6.04 Å². The lowest BCUT2D eigenvalue weighted by molar-refractivity contribution is -0.137. The van der Waals surface area contributed by atoms with Crippen molar-refractivity contribution in [3.8, 4) is 0 Å². The van der Waals surface area contributed by atoms with Crippen LogP contribution in [-0.2, 0) is 9.53 Å². The van der Waals surface area contributed by atoms with E-state index in [1.165, 1.54) is 0 Å². The van der Waals surface area contributed by atoms with Gasteiger partial charge in [0.2, 0.25) is 0 Å². The van der Waals surface area contributed by atoms with Crippen LogP contribution in [0.4, 0.5) is 0 Å². The van der Waals surface area contributed by atoms with Gasteiger partial charge in [-0.2, -0.15) is 11.8 Å². The van der Waals surface area contributed by atoms with Gasteiger partial charge >= 0.3 is 5.97 Å². The Morgan fingerprint density at radius 3 is 2.62 bits per heavy atom. The molecule has 0 aliphatic heterocycles. The topological polar surface area (TPSA) is 72.5 Å². The Labute approximate surface area is 112 Å². The predicted molar refractivity (Wildman–Crippen MR) is 71.0 cm³/mol. The first-order chi connectivity index (χ1) is 7.18. The lowest BCUT2D eigenvalue weighted by atomic mass is 10.4. The fourth-order valence-corrected chi connectivity index (χ4v) is 1.80. The van der Waals surface area contributed by atoms with Gasteiger partial charge in [-0.15, -0.1) is 24.0 Å². The van der Waals surface area contributed by atoms with E-state index in [-0.39, 0.29) is 12.4 Å². The average molecular weight is 292 g/mol. The minimum absolute atomic E-state index is 0. The van der Waals surface area contributed by atoms with Crippen LogP contribution >= 0.6 is 35.8 Å². The SMILES string of the molecule is Cl.N[C@@H](CSCCCOCCCCl)C(=O)O. The summed E-state index contributed by atoms with van der Waals surface area (Å²) in [6.45, 7) is 1.40. The molecule has 4 nitrogen and oxygen atoms in total. The van der Waals surface area contributed by atoms with Gasteiger partial charge in [0, 0.05) is 24.8 Å². The highest BCUT2D eigenvalue weighted by atomic mass is 35.5. The van der Waals surface area contributed by atoms with Crippen molar-refractivity contribution in [2.24, 2.45) is 5.73 Å². The summed E-state index contributed by atoms with van der Waals surface area (Å²) in [5.74, 6) is 1.02. The van der Waals surface area contributed by atoms with Crippen molar-refractivity contribution in [3.05, 3.63) is 0 Å². The Morgan fingerprint density at radius 2 is 2.06 bits per heavy atom. The van der Waals surface area contributed by atoms with Crippen LogP contribution in [0.3, 0.4) is 0 Å². The second-order valence-corrected chi connectivity index (χ2v) is 4.56. The zero-order valence-corrected chi connectivity index (χ0v) is 11.5. The second-order valence-electron chi connectivity index (χ2n) is 3.03. The summed E-state index contributed by atoms with van der Waals surface area (Å²) >= 11 is 7.02. The molecule has 7 heteroatoms. The molecular weight excluding hydrogens is 273 g/mol. The van der Waals surface area contributed by atoms with Crippen LogP contribution in [0, 0.1) is 0 Å². The van der Waals surface area contributed by atoms with Crippen molar-refractivity contribution in [1.82, 2.24) is 0 Å². The van der Waals surface area contributed by atoms with Crippen LogP contribution in [0.2, 0.25) is 0 Å². The molecule has 0 rings (SSSR count). The van der Waals surface area contributed by atoms with Gasteiger partial charge in [-0.05, 0) is 18.6 Å². The van der Waals surface area contributed by atoms with E-state index in [1.807, 2.05) is 0 Å². The maximum Gasteiger partial charge on any atom is 0.321 e. The van der Waals surface area contributed by atoms with Gasteiger partial charge in [-0.1, -0.05) is 0 Å². The zero-order chi connectivity index (χ0) is 11.5. The zero-order valence-electron chi connectivity index (χ0n) is 9.06. The van der Waals surface area contributed by atoms with Gasteiger partial charge in [-0.3, -0.25) is 4.79 Å². The van der Waals surface area contributed by atoms with E-state index in [1.54, 1.807) is 11.8 Å². The lowest BCUT2D eigenvalue weighted by Gasteiger charge is -2.06. The number of hydrogen-bond donors (Lipinski definition) is 2. The quantitative estimate of drug-likeness (QED) is 0.472. The largest absolute Gasteiger partial charge is 0.480 e. The number of rotatable bonds is 10. The van der Waals surface area contributed by atoms with Crippen molar-refractivity contribution >= 4 is 41.7 Å². The van der Waals surface area contributed by atoms with Crippen molar-refractivity contribution in [1.29, 1.82) is 0 Å². The van der Waals surface area contributed by atoms with E-state index in [9.17, 15) is 4.79 Å². The molecular formula is C9H19Cl2NO3S. The number of ether oxygens (including phenoxy) is 1. The normalized spacial score (nSPS) is 11.9. The maximum atomic E-state index is 10.4. The highest BCUT2D eigenvalue weighted by Gasteiger charge is 2.10. The molecule has 3 N–H and O–H groups in total. The summed E-state index contributed by atoms with van der Waals surface area (Å²) in [6.07, 6.45) is 1.79. The third-order valence-corrected chi connectivity index (χ3v) is 3.05. The Kier molecular flexibility index (Phi) is 15.6. The monoisotopic (exact) mass is 291 g/mol. The summed E-state index contributed by atoms with van der Waals surface area (Å²) in [5, 5.41) is 8.51. The number of carbonyl (C=O) groups is 1. The molecule has 0 spiro atoms. The van der Waals surface area contributed by atoms with E-state index in [4.69, 9.17) is 27.2 Å². The maximum absolute atomic E-state index is 10.4. The van der Waals surface area contributed by atoms with Gasteiger partial charge in [0.05, 0.1) is 0 Å². The summed E-state index contributed by atoms with van der Waals surface area (Å²) < 4.78 is 5.28. The Hall–Kier alpha value is 0.320. The molecule has 98 valence electrons. The molecule has 0 saturated carbocycles. The number of alkyl halides is 1.